The predicted molar refractivity (Wildman–Crippen MR) is 81.3 cm³/mol. The summed E-state index contributed by atoms with van der Waals surface area (Å²) in [7, 11) is 3.21. The third-order valence-electron chi connectivity index (χ3n) is 2.84. The van der Waals surface area contributed by atoms with Crippen LogP contribution in [0.5, 0.6) is 0 Å². The first kappa shape index (κ1) is 15.2. The normalized spacial score (nSPS) is 10.2. The number of thiazole rings is 1. The van der Waals surface area contributed by atoms with Crippen LogP contribution in [-0.2, 0) is 9.53 Å². The highest BCUT2D eigenvalue weighted by Crippen LogP contribution is 2.24. The average molecular weight is 304 g/mol. The number of aromatic nitrogens is 1. The van der Waals surface area contributed by atoms with E-state index in [4.69, 9.17) is 4.74 Å². The Bertz CT molecular complexity index is 647. The summed E-state index contributed by atoms with van der Waals surface area (Å²) in [4.78, 5) is 28.8. The van der Waals surface area contributed by atoms with Gasteiger partial charge < -0.3 is 9.64 Å². The first-order valence-electron chi connectivity index (χ1n) is 6.37. The molecule has 1 amide bonds. The molecular weight excluding hydrogens is 288 g/mol. The number of hydrogen-bond acceptors (Lipinski definition) is 5. The highest BCUT2D eigenvalue weighted by molar-refractivity contribution is 7.13. The van der Waals surface area contributed by atoms with Gasteiger partial charge in [0.2, 0.25) is 0 Å². The molecule has 0 bridgehead atoms. The lowest BCUT2D eigenvalue weighted by Gasteiger charge is -2.09. The van der Waals surface area contributed by atoms with E-state index in [-0.39, 0.29) is 18.2 Å². The van der Waals surface area contributed by atoms with Crippen LogP contribution in [0.25, 0.3) is 10.6 Å². The zero-order valence-corrected chi connectivity index (χ0v) is 12.9. The van der Waals surface area contributed by atoms with E-state index < -0.39 is 5.97 Å². The third-order valence-corrected chi connectivity index (χ3v) is 3.73. The monoisotopic (exact) mass is 304 g/mol. The van der Waals surface area contributed by atoms with Crippen LogP contribution in [-0.4, -0.2) is 42.5 Å². The fourth-order valence-corrected chi connectivity index (χ4v) is 2.32. The summed E-state index contributed by atoms with van der Waals surface area (Å²) in [5.41, 5.74) is 2.34. The molecule has 21 heavy (non-hydrogen) atoms. The number of carbonyl (C=O) groups excluding carboxylic acids is 2. The summed E-state index contributed by atoms with van der Waals surface area (Å²) in [6, 6.07) is 7.90. The largest absolute Gasteiger partial charge is 0.451 e. The van der Waals surface area contributed by atoms with Gasteiger partial charge in [0.05, 0.1) is 0 Å². The Morgan fingerprint density at radius 1 is 1.24 bits per heavy atom. The Hall–Kier alpha value is -2.21. The Labute approximate surface area is 127 Å². The Balaban J connectivity index is 2.04. The Morgan fingerprint density at radius 2 is 1.90 bits per heavy atom. The summed E-state index contributed by atoms with van der Waals surface area (Å²) in [6.45, 7) is 1.74. The Kier molecular flexibility index (Phi) is 4.70. The van der Waals surface area contributed by atoms with Crippen LogP contribution < -0.4 is 0 Å². The number of amides is 1. The molecule has 0 fully saturated rings. The molecule has 0 aliphatic rings. The SMILES string of the molecule is Cc1ccc(-c2nc(C(=O)OCC(=O)N(C)C)cs2)cc1. The first-order valence-corrected chi connectivity index (χ1v) is 7.25. The molecule has 0 spiro atoms. The number of likely N-dealkylation sites (N-methyl/N-ethyl adjacent to an activating group) is 1. The number of carbonyl (C=O) groups is 2. The van der Waals surface area contributed by atoms with Crippen molar-refractivity contribution in [2.24, 2.45) is 0 Å². The minimum Gasteiger partial charge on any atom is -0.451 e. The molecule has 0 saturated heterocycles. The van der Waals surface area contributed by atoms with Crippen LogP contribution in [0, 0.1) is 6.92 Å². The van der Waals surface area contributed by atoms with E-state index in [0.29, 0.717) is 0 Å². The lowest BCUT2D eigenvalue weighted by molar-refractivity contribution is -0.131. The number of esters is 1. The van der Waals surface area contributed by atoms with E-state index >= 15 is 0 Å². The molecular formula is C15H16N2O3S. The molecule has 0 aliphatic heterocycles. The van der Waals surface area contributed by atoms with Gasteiger partial charge in [0.15, 0.2) is 12.3 Å². The molecule has 0 unspecified atom stereocenters. The molecule has 0 aliphatic carbocycles. The van der Waals surface area contributed by atoms with Gasteiger partial charge in [-0.15, -0.1) is 11.3 Å². The number of benzene rings is 1. The molecule has 1 aromatic heterocycles. The third kappa shape index (κ3) is 3.88. The van der Waals surface area contributed by atoms with Crippen molar-refractivity contribution in [3.05, 3.63) is 40.9 Å². The zero-order valence-electron chi connectivity index (χ0n) is 12.1. The molecule has 6 heteroatoms. The number of hydrogen-bond donors (Lipinski definition) is 0. The summed E-state index contributed by atoms with van der Waals surface area (Å²) in [5.74, 6) is -0.850. The van der Waals surface area contributed by atoms with Crippen molar-refractivity contribution in [2.45, 2.75) is 6.92 Å². The van der Waals surface area contributed by atoms with Gasteiger partial charge in [-0.05, 0) is 6.92 Å². The molecule has 110 valence electrons. The molecule has 2 aromatic rings. The number of rotatable bonds is 4. The quantitative estimate of drug-likeness (QED) is 0.814. The van der Waals surface area contributed by atoms with E-state index in [2.05, 4.69) is 4.98 Å². The highest BCUT2D eigenvalue weighted by atomic mass is 32.1. The smallest absolute Gasteiger partial charge is 0.358 e. The van der Waals surface area contributed by atoms with Crippen molar-refractivity contribution in [3.8, 4) is 10.6 Å². The molecule has 1 aromatic carbocycles. The molecule has 0 atom stereocenters. The van der Waals surface area contributed by atoms with Gasteiger partial charge in [0.25, 0.3) is 5.91 Å². The van der Waals surface area contributed by atoms with Crippen LogP contribution in [0.2, 0.25) is 0 Å². The van der Waals surface area contributed by atoms with Crippen LogP contribution in [0.1, 0.15) is 16.1 Å². The van der Waals surface area contributed by atoms with Crippen molar-refractivity contribution < 1.29 is 14.3 Å². The summed E-state index contributed by atoms with van der Waals surface area (Å²) in [5, 5.41) is 2.39. The van der Waals surface area contributed by atoms with E-state index in [1.165, 1.54) is 16.2 Å². The van der Waals surface area contributed by atoms with Gasteiger partial charge in [0.1, 0.15) is 5.01 Å². The van der Waals surface area contributed by atoms with Gasteiger partial charge in [-0.2, -0.15) is 0 Å². The fraction of sp³-hybridized carbons (Fsp3) is 0.267. The number of nitrogens with zero attached hydrogens (tertiary/aromatic N) is 2. The van der Waals surface area contributed by atoms with Gasteiger partial charge in [-0.1, -0.05) is 29.8 Å². The van der Waals surface area contributed by atoms with Gasteiger partial charge in [0, 0.05) is 25.0 Å². The van der Waals surface area contributed by atoms with E-state index in [1.54, 1.807) is 19.5 Å². The van der Waals surface area contributed by atoms with Crippen molar-refractivity contribution in [2.75, 3.05) is 20.7 Å². The summed E-state index contributed by atoms with van der Waals surface area (Å²) < 4.78 is 4.93. The van der Waals surface area contributed by atoms with Crippen molar-refractivity contribution in [1.82, 2.24) is 9.88 Å². The number of aryl methyl sites for hydroxylation is 1. The Morgan fingerprint density at radius 3 is 2.52 bits per heavy atom. The topological polar surface area (TPSA) is 59.5 Å². The zero-order chi connectivity index (χ0) is 15.4. The van der Waals surface area contributed by atoms with Crippen LogP contribution in [0.15, 0.2) is 29.6 Å². The molecule has 0 saturated carbocycles. The second-order valence-electron chi connectivity index (χ2n) is 4.77. The van der Waals surface area contributed by atoms with Gasteiger partial charge >= 0.3 is 5.97 Å². The first-order chi connectivity index (χ1) is 9.97. The molecule has 0 radical (unpaired) electrons. The van der Waals surface area contributed by atoms with Crippen LogP contribution >= 0.6 is 11.3 Å². The number of ether oxygens (including phenoxy) is 1. The second-order valence-corrected chi connectivity index (χ2v) is 5.63. The minimum absolute atomic E-state index is 0.224. The van der Waals surface area contributed by atoms with Gasteiger partial charge in [-0.25, -0.2) is 9.78 Å². The highest BCUT2D eigenvalue weighted by Gasteiger charge is 2.15. The maximum atomic E-state index is 11.8. The molecule has 5 nitrogen and oxygen atoms in total. The standard InChI is InChI=1S/C15H16N2O3S/c1-10-4-6-11(7-5-10)14-16-12(9-21-14)15(19)20-8-13(18)17(2)3/h4-7,9H,8H2,1-3H3. The molecule has 1 heterocycles. The van der Waals surface area contributed by atoms with Crippen molar-refractivity contribution in [3.63, 3.8) is 0 Å². The predicted octanol–water partition coefficient (Wildman–Crippen LogP) is 2.36. The van der Waals surface area contributed by atoms with Crippen LogP contribution in [0.3, 0.4) is 0 Å². The van der Waals surface area contributed by atoms with Crippen molar-refractivity contribution >= 4 is 23.2 Å². The molecule has 0 N–H and O–H groups in total. The summed E-state index contributed by atoms with van der Waals surface area (Å²) in [6.07, 6.45) is 0. The van der Waals surface area contributed by atoms with Crippen molar-refractivity contribution in [1.29, 1.82) is 0 Å². The van der Waals surface area contributed by atoms with Gasteiger partial charge in [-0.3, -0.25) is 4.79 Å². The lowest BCUT2D eigenvalue weighted by Crippen LogP contribution is -2.27. The lowest BCUT2D eigenvalue weighted by atomic mass is 10.2. The van der Waals surface area contributed by atoms with E-state index in [0.717, 1.165) is 16.1 Å². The average Bonchev–Trinajstić information content (AvgIpc) is 2.94. The van der Waals surface area contributed by atoms with Crippen LogP contribution in [0.4, 0.5) is 0 Å². The summed E-state index contributed by atoms with van der Waals surface area (Å²) >= 11 is 1.37. The van der Waals surface area contributed by atoms with E-state index in [1.807, 2.05) is 31.2 Å². The molecule has 2 rings (SSSR count). The minimum atomic E-state index is -0.584. The second kappa shape index (κ2) is 6.49. The van der Waals surface area contributed by atoms with E-state index in [9.17, 15) is 9.59 Å². The fourth-order valence-electron chi connectivity index (χ4n) is 1.53. The maximum Gasteiger partial charge on any atom is 0.358 e. The maximum absolute atomic E-state index is 11.8.